The average Bonchev–Trinajstić information content (AvgIpc) is 3.16. The lowest BCUT2D eigenvalue weighted by Gasteiger charge is -2.01. The predicted octanol–water partition coefficient (Wildman–Crippen LogP) is 1.56. The van der Waals surface area contributed by atoms with E-state index in [1.807, 2.05) is 30.3 Å². The number of fused-ring (bicyclic) bond motifs is 1. The summed E-state index contributed by atoms with van der Waals surface area (Å²) < 4.78 is 3.37. The predicted molar refractivity (Wildman–Crippen MR) is 77.8 cm³/mol. The number of aromatic nitrogens is 6. The maximum Gasteiger partial charge on any atom is 0.181 e. The number of hydrogen-bond acceptors (Lipinski definition) is 5. The first-order valence-corrected chi connectivity index (χ1v) is 6.37. The van der Waals surface area contributed by atoms with E-state index in [2.05, 4.69) is 20.2 Å². The van der Waals surface area contributed by atoms with Crippen LogP contribution < -0.4 is 5.73 Å². The molecule has 2 N–H and O–H groups in total. The second kappa shape index (κ2) is 4.41. The molecule has 21 heavy (non-hydrogen) atoms. The largest absolute Gasteiger partial charge is 0.399 e. The Labute approximate surface area is 119 Å². The van der Waals surface area contributed by atoms with Gasteiger partial charge in [-0.25, -0.2) is 14.5 Å². The molecule has 7 heteroatoms. The number of nitrogens with two attached hydrogens (primary N) is 1. The van der Waals surface area contributed by atoms with E-state index in [1.54, 1.807) is 34.1 Å². The highest BCUT2D eigenvalue weighted by Gasteiger charge is 2.10. The minimum Gasteiger partial charge on any atom is -0.399 e. The van der Waals surface area contributed by atoms with Gasteiger partial charge in [0.2, 0.25) is 0 Å². The SMILES string of the molecule is Nc1cccc(-c2ncn(-c3nccn4nccc34)n2)c1. The monoisotopic (exact) mass is 277 g/mol. The van der Waals surface area contributed by atoms with E-state index >= 15 is 0 Å². The molecule has 7 nitrogen and oxygen atoms in total. The third kappa shape index (κ3) is 1.91. The highest BCUT2D eigenvalue weighted by molar-refractivity contribution is 5.62. The molecule has 0 fully saturated rings. The van der Waals surface area contributed by atoms with Gasteiger partial charge in [-0.2, -0.15) is 9.78 Å². The van der Waals surface area contributed by atoms with Gasteiger partial charge in [-0.15, -0.1) is 5.10 Å². The molecule has 1 aromatic carbocycles. The third-order valence-corrected chi connectivity index (χ3v) is 3.16. The summed E-state index contributed by atoms with van der Waals surface area (Å²) in [6.07, 6.45) is 6.82. The van der Waals surface area contributed by atoms with Crippen LogP contribution in [0.25, 0.3) is 22.7 Å². The molecule has 0 radical (unpaired) electrons. The Morgan fingerprint density at radius 2 is 2.00 bits per heavy atom. The quantitative estimate of drug-likeness (QED) is 0.562. The van der Waals surface area contributed by atoms with Crippen LogP contribution in [0.3, 0.4) is 0 Å². The van der Waals surface area contributed by atoms with Crippen LogP contribution in [-0.2, 0) is 0 Å². The van der Waals surface area contributed by atoms with E-state index in [1.165, 1.54) is 0 Å². The van der Waals surface area contributed by atoms with Crippen LogP contribution in [0.5, 0.6) is 0 Å². The zero-order valence-electron chi connectivity index (χ0n) is 11.0. The van der Waals surface area contributed by atoms with Gasteiger partial charge in [0.25, 0.3) is 0 Å². The number of anilines is 1. The second-order valence-electron chi connectivity index (χ2n) is 4.55. The van der Waals surface area contributed by atoms with Crippen molar-refractivity contribution >= 4 is 11.2 Å². The molecule has 0 aliphatic carbocycles. The van der Waals surface area contributed by atoms with E-state index in [0.29, 0.717) is 17.3 Å². The van der Waals surface area contributed by atoms with E-state index < -0.39 is 0 Å². The molecule has 0 spiro atoms. The van der Waals surface area contributed by atoms with Gasteiger partial charge in [0.05, 0.1) is 6.20 Å². The fraction of sp³-hybridized carbons (Fsp3) is 0. The van der Waals surface area contributed by atoms with Crippen LogP contribution in [-0.4, -0.2) is 29.4 Å². The fourth-order valence-electron chi connectivity index (χ4n) is 2.19. The van der Waals surface area contributed by atoms with Gasteiger partial charge in [0.15, 0.2) is 11.6 Å². The Hall–Kier alpha value is -3.22. The van der Waals surface area contributed by atoms with E-state index in [0.717, 1.165) is 11.1 Å². The van der Waals surface area contributed by atoms with Gasteiger partial charge in [-0.3, -0.25) is 0 Å². The Morgan fingerprint density at radius 1 is 1.05 bits per heavy atom. The van der Waals surface area contributed by atoms with Crippen molar-refractivity contribution in [2.45, 2.75) is 0 Å². The lowest BCUT2D eigenvalue weighted by Crippen LogP contribution is -2.01. The Bertz CT molecular complexity index is 922. The Balaban J connectivity index is 1.83. The van der Waals surface area contributed by atoms with Crippen LogP contribution in [0.2, 0.25) is 0 Å². The third-order valence-electron chi connectivity index (χ3n) is 3.16. The van der Waals surface area contributed by atoms with Crippen molar-refractivity contribution in [1.82, 2.24) is 29.4 Å². The first-order chi connectivity index (χ1) is 10.3. The van der Waals surface area contributed by atoms with Gasteiger partial charge in [-0.05, 0) is 18.2 Å². The van der Waals surface area contributed by atoms with Crippen LogP contribution in [0, 0.1) is 0 Å². The summed E-state index contributed by atoms with van der Waals surface area (Å²) in [7, 11) is 0. The molecule has 0 aliphatic rings. The van der Waals surface area contributed by atoms with Crippen LogP contribution >= 0.6 is 0 Å². The molecule has 0 atom stereocenters. The van der Waals surface area contributed by atoms with Crippen LogP contribution in [0.1, 0.15) is 0 Å². The van der Waals surface area contributed by atoms with Crippen molar-refractivity contribution in [2.75, 3.05) is 5.73 Å². The lowest BCUT2D eigenvalue weighted by atomic mass is 10.2. The first-order valence-electron chi connectivity index (χ1n) is 6.37. The van der Waals surface area contributed by atoms with Crippen molar-refractivity contribution in [1.29, 1.82) is 0 Å². The second-order valence-corrected chi connectivity index (χ2v) is 4.55. The van der Waals surface area contributed by atoms with Crippen molar-refractivity contribution in [3.8, 4) is 17.2 Å². The van der Waals surface area contributed by atoms with Gasteiger partial charge < -0.3 is 5.73 Å². The highest BCUT2D eigenvalue weighted by Crippen LogP contribution is 2.19. The average molecular weight is 277 g/mol. The minimum atomic E-state index is 0.602. The molecule has 0 saturated carbocycles. The molecule has 4 aromatic rings. The van der Waals surface area contributed by atoms with Crippen molar-refractivity contribution in [3.05, 3.63) is 55.2 Å². The topological polar surface area (TPSA) is 86.9 Å². The van der Waals surface area contributed by atoms with Crippen molar-refractivity contribution in [3.63, 3.8) is 0 Å². The normalized spacial score (nSPS) is 11.0. The maximum absolute atomic E-state index is 5.79. The zero-order valence-corrected chi connectivity index (χ0v) is 11.0. The number of benzene rings is 1. The van der Waals surface area contributed by atoms with Crippen LogP contribution in [0.4, 0.5) is 5.69 Å². The van der Waals surface area contributed by atoms with Crippen molar-refractivity contribution in [2.24, 2.45) is 0 Å². The molecule has 0 bridgehead atoms. The molecule has 102 valence electrons. The number of rotatable bonds is 2. The summed E-state index contributed by atoms with van der Waals surface area (Å²) in [5.41, 5.74) is 8.20. The smallest absolute Gasteiger partial charge is 0.181 e. The first kappa shape index (κ1) is 11.6. The molecule has 0 aliphatic heterocycles. The molecular weight excluding hydrogens is 266 g/mol. The standard InChI is InChI=1S/C14H11N7/c15-11-3-1-2-10(8-11)13-17-9-21(19-13)14-12-4-5-18-20(12)7-6-16-14/h1-9H,15H2. The van der Waals surface area contributed by atoms with Crippen LogP contribution in [0.15, 0.2) is 55.2 Å². The summed E-state index contributed by atoms with van der Waals surface area (Å²) in [4.78, 5) is 8.67. The molecule has 3 heterocycles. The maximum atomic E-state index is 5.79. The summed E-state index contributed by atoms with van der Waals surface area (Å²) >= 11 is 0. The van der Waals surface area contributed by atoms with E-state index in [9.17, 15) is 0 Å². The van der Waals surface area contributed by atoms with E-state index in [4.69, 9.17) is 5.73 Å². The number of nitrogen functional groups attached to an aromatic ring is 1. The molecule has 4 rings (SSSR count). The number of hydrogen-bond donors (Lipinski definition) is 1. The van der Waals surface area contributed by atoms with Crippen molar-refractivity contribution < 1.29 is 0 Å². The molecular formula is C14H11N7. The Kier molecular flexibility index (Phi) is 2.43. The zero-order chi connectivity index (χ0) is 14.2. The fourth-order valence-corrected chi connectivity index (χ4v) is 2.19. The summed E-state index contributed by atoms with van der Waals surface area (Å²) in [6.45, 7) is 0. The minimum absolute atomic E-state index is 0.602. The van der Waals surface area contributed by atoms with Gasteiger partial charge >= 0.3 is 0 Å². The van der Waals surface area contributed by atoms with Gasteiger partial charge in [0, 0.05) is 23.6 Å². The molecule has 3 aromatic heterocycles. The van der Waals surface area contributed by atoms with Gasteiger partial charge in [-0.1, -0.05) is 12.1 Å². The lowest BCUT2D eigenvalue weighted by molar-refractivity contribution is 0.833. The van der Waals surface area contributed by atoms with E-state index in [-0.39, 0.29) is 0 Å². The summed E-state index contributed by atoms with van der Waals surface area (Å²) in [5, 5.41) is 8.65. The van der Waals surface area contributed by atoms with Gasteiger partial charge in [0.1, 0.15) is 11.8 Å². The number of nitrogens with zero attached hydrogens (tertiary/aromatic N) is 6. The Morgan fingerprint density at radius 3 is 2.90 bits per heavy atom. The molecule has 0 amide bonds. The highest BCUT2D eigenvalue weighted by atomic mass is 15.4. The molecule has 0 saturated heterocycles. The summed E-state index contributed by atoms with van der Waals surface area (Å²) in [6, 6.07) is 9.34. The molecule has 0 unspecified atom stereocenters. The summed E-state index contributed by atoms with van der Waals surface area (Å²) in [5.74, 6) is 1.28.